The summed E-state index contributed by atoms with van der Waals surface area (Å²) in [5, 5.41) is 0. The Morgan fingerprint density at radius 1 is 0.286 bits per heavy atom. The van der Waals surface area contributed by atoms with Crippen LogP contribution in [-0.4, -0.2) is 37.2 Å². The molecule has 0 aliphatic heterocycles. The molecular formula is C64H110O6. The van der Waals surface area contributed by atoms with Crippen LogP contribution in [0.4, 0.5) is 0 Å². The average Bonchev–Trinajstić information content (AvgIpc) is 3.36. The number of allylic oxidation sites excluding steroid dienone is 14. The maximum atomic E-state index is 12.9. The number of rotatable bonds is 53. The number of carbonyl (C=O) groups excluding carboxylic acids is 3. The molecule has 0 heterocycles. The molecule has 0 radical (unpaired) electrons. The predicted molar refractivity (Wildman–Crippen MR) is 302 cm³/mol. The zero-order valence-corrected chi connectivity index (χ0v) is 46.0. The monoisotopic (exact) mass is 975 g/mol. The summed E-state index contributed by atoms with van der Waals surface area (Å²) in [6.45, 7) is 6.56. The molecule has 6 nitrogen and oxygen atoms in total. The van der Waals surface area contributed by atoms with Crippen molar-refractivity contribution in [1.82, 2.24) is 0 Å². The van der Waals surface area contributed by atoms with Crippen molar-refractivity contribution in [2.75, 3.05) is 13.2 Å². The summed E-state index contributed by atoms with van der Waals surface area (Å²) in [6.07, 6.45) is 75.7. The number of hydrogen-bond acceptors (Lipinski definition) is 6. The van der Waals surface area contributed by atoms with Crippen molar-refractivity contribution in [2.24, 2.45) is 0 Å². The summed E-state index contributed by atoms with van der Waals surface area (Å²) < 4.78 is 16.8. The van der Waals surface area contributed by atoms with Crippen LogP contribution < -0.4 is 0 Å². The van der Waals surface area contributed by atoms with E-state index in [1.165, 1.54) is 135 Å². The van der Waals surface area contributed by atoms with Gasteiger partial charge in [0.05, 0.1) is 0 Å². The van der Waals surface area contributed by atoms with E-state index < -0.39 is 6.10 Å². The van der Waals surface area contributed by atoms with E-state index in [4.69, 9.17) is 14.2 Å². The van der Waals surface area contributed by atoms with E-state index in [9.17, 15) is 14.4 Å². The first-order valence-electron chi connectivity index (χ1n) is 29.6. The smallest absolute Gasteiger partial charge is 0.306 e. The molecule has 0 bridgehead atoms. The normalized spacial score (nSPS) is 12.7. The molecule has 0 N–H and O–H groups in total. The van der Waals surface area contributed by atoms with Crippen molar-refractivity contribution in [3.05, 3.63) is 85.1 Å². The second kappa shape index (κ2) is 58.2. The summed E-state index contributed by atoms with van der Waals surface area (Å²) >= 11 is 0. The lowest BCUT2D eigenvalue weighted by Crippen LogP contribution is -2.30. The van der Waals surface area contributed by atoms with Gasteiger partial charge in [-0.05, 0) is 103 Å². The van der Waals surface area contributed by atoms with Crippen molar-refractivity contribution in [3.8, 4) is 0 Å². The van der Waals surface area contributed by atoms with Crippen molar-refractivity contribution in [2.45, 2.75) is 290 Å². The van der Waals surface area contributed by atoms with Crippen molar-refractivity contribution >= 4 is 17.9 Å². The summed E-state index contributed by atoms with van der Waals surface area (Å²) in [7, 11) is 0. The van der Waals surface area contributed by atoms with Gasteiger partial charge >= 0.3 is 17.9 Å². The van der Waals surface area contributed by atoms with Gasteiger partial charge in [0.2, 0.25) is 0 Å². The quantitative estimate of drug-likeness (QED) is 0.0261. The number of esters is 3. The highest BCUT2D eigenvalue weighted by Crippen LogP contribution is 2.15. The molecule has 70 heavy (non-hydrogen) atoms. The summed E-state index contributed by atoms with van der Waals surface area (Å²) in [5.41, 5.74) is 0. The largest absolute Gasteiger partial charge is 0.462 e. The highest BCUT2D eigenvalue weighted by atomic mass is 16.6. The molecule has 0 aromatic carbocycles. The van der Waals surface area contributed by atoms with Gasteiger partial charge in [0.25, 0.3) is 0 Å². The molecule has 0 fully saturated rings. The number of hydrogen-bond donors (Lipinski definition) is 0. The number of ether oxygens (including phenoxy) is 3. The third kappa shape index (κ3) is 55.5. The van der Waals surface area contributed by atoms with E-state index in [0.717, 1.165) is 109 Å². The number of carbonyl (C=O) groups is 3. The lowest BCUT2D eigenvalue weighted by Gasteiger charge is -2.18. The van der Waals surface area contributed by atoms with Crippen LogP contribution in [-0.2, 0) is 28.6 Å². The first-order chi connectivity index (χ1) is 34.5. The molecule has 0 aliphatic rings. The third-order valence-electron chi connectivity index (χ3n) is 12.6. The van der Waals surface area contributed by atoms with Gasteiger partial charge in [-0.2, -0.15) is 0 Å². The lowest BCUT2D eigenvalue weighted by molar-refractivity contribution is -0.167. The fourth-order valence-corrected chi connectivity index (χ4v) is 8.14. The zero-order valence-electron chi connectivity index (χ0n) is 46.0. The zero-order chi connectivity index (χ0) is 50.7. The van der Waals surface area contributed by atoms with E-state index >= 15 is 0 Å². The third-order valence-corrected chi connectivity index (χ3v) is 12.6. The Bertz CT molecular complexity index is 1350. The van der Waals surface area contributed by atoms with Crippen LogP contribution in [0.15, 0.2) is 85.1 Å². The standard InChI is InChI=1S/C64H110O6/c1-4-7-10-13-16-19-22-25-28-31-32-34-36-39-42-45-48-51-54-57-63(66)69-60-61(59-68-62(65)56-53-50-47-44-41-38-35-30-27-24-21-18-15-12-9-6-3)70-64(67)58-55-52-49-46-43-40-37-33-29-26-23-20-17-14-11-8-5-2/h16-17,19-20,25-26,28-29,32,34,37,39-40,42,61H,4-15,18,21-24,27,30-31,33,35-36,38,41,43-60H2,1-3H3/b19-16+,20-17+,28-25+,29-26+,34-32+,40-37+,42-39+/t61-/m1/s1. The Balaban J connectivity index is 4.48. The van der Waals surface area contributed by atoms with Crippen LogP contribution in [0.2, 0.25) is 0 Å². The Morgan fingerprint density at radius 2 is 0.514 bits per heavy atom. The molecule has 0 rings (SSSR count). The van der Waals surface area contributed by atoms with Gasteiger partial charge < -0.3 is 14.2 Å². The van der Waals surface area contributed by atoms with E-state index in [-0.39, 0.29) is 31.1 Å². The Morgan fingerprint density at radius 3 is 0.843 bits per heavy atom. The molecule has 0 spiro atoms. The second-order valence-corrected chi connectivity index (χ2v) is 19.6. The highest BCUT2D eigenvalue weighted by Gasteiger charge is 2.19. The van der Waals surface area contributed by atoms with E-state index in [0.29, 0.717) is 19.3 Å². The molecule has 0 aromatic rings. The number of unbranched alkanes of at least 4 members (excludes halogenated alkanes) is 28. The molecule has 0 saturated carbocycles. The topological polar surface area (TPSA) is 78.9 Å². The highest BCUT2D eigenvalue weighted by molar-refractivity contribution is 5.71. The molecule has 0 amide bonds. The Labute approximate surface area is 433 Å². The molecule has 0 aromatic heterocycles. The lowest BCUT2D eigenvalue weighted by atomic mass is 10.0. The minimum Gasteiger partial charge on any atom is -0.462 e. The fourth-order valence-electron chi connectivity index (χ4n) is 8.14. The molecule has 402 valence electrons. The molecule has 6 heteroatoms. The van der Waals surface area contributed by atoms with Gasteiger partial charge in [-0.25, -0.2) is 0 Å². The maximum absolute atomic E-state index is 12.9. The van der Waals surface area contributed by atoms with Gasteiger partial charge in [0.15, 0.2) is 6.10 Å². The second-order valence-electron chi connectivity index (χ2n) is 19.6. The fraction of sp³-hybridized carbons (Fsp3) is 0.734. The SMILES string of the molecule is CCCCC/C=C/C/C=C/C/C=C/C/C=C/CCCCCC(=O)OC[C@@H](COC(=O)CCCCCCCCCCCCCCCCCC)OC(=O)CCCCCC/C=C/C/C=C/C/C=C/CCCCC. The Hall–Kier alpha value is -3.41. The summed E-state index contributed by atoms with van der Waals surface area (Å²) in [4.78, 5) is 38.2. The maximum Gasteiger partial charge on any atom is 0.306 e. The van der Waals surface area contributed by atoms with Gasteiger partial charge in [0, 0.05) is 19.3 Å². The molecule has 1 atom stereocenters. The summed E-state index contributed by atoms with van der Waals surface area (Å²) in [6, 6.07) is 0. The van der Waals surface area contributed by atoms with Gasteiger partial charge in [0.1, 0.15) is 13.2 Å². The minimum absolute atomic E-state index is 0.0942. The van der Waals surface area contributed by atoms with E-state index in [1.807, 2.05) is 0 Å². The van der Waals surface area contributed by atoms with Crippen LogP contribution in [0.1, 0.15) is 284 Å². The van der Waals surface area contributed by atoms with Crippen LogP contribution in [0.3, 0.4) is 0 Å². The summed E-state index contributed by atoms with van der Waals surface area (Å²) in [5.74, 6) is -0.940. The molecule has 0 saturated heterocycles. The van der Waals surface area contributed by atoms with E-state index in [2.05, 4.69) is 106 Å². The van der Waals surface area contributed by atoms with Crippen molar-refractivity contribution < 1.29 is 28.6 Å². The van der Waals surface area contributed by atoms with Crippen LogP contribution in [0.25, 0.3) is 0 Å². The predicted octanol–water partition coefficient (Wildman–Crippen LogP) is 19.9. The van der Waals surface area contributed by atoms with Crippen LogP contribution in [0, 0.1) is 0 Å². The first kappa shape index (κ1) is 66.6. The Kier molecular flexibility index (Phi) is 55.3. The molecular weight excluding hydrogens is 865 g/mol. The van der Waals surface area contributed by atoms with Crippen LogP contribution >= 0.6 is 0 Å². The van der Waals surface area contributed by atoms with Crippen molar-refractivity contribution in [3.63, 3.8) is 0 Å². The molecule has 0 aliphatic carbocycles. The molecule has 0 unspecified atom stereocenters. The van der Waals surface area contributed by atoms with Gasteiger partial charge in [-0.15, -0.1) is 0 Å². The van der Waals surface area contributed by atoms with Crippen molar-refractivity contribution in [1.29, 1.82) is 0 Å². The van der Waals surface area contributed by atoms with Crippen LogP contribution in [0.5, 0.6) is 0 Å². The minimum atomic E-state index is -0.801. The first-order valence-corrected chi connectivity index (χ1v) is 29.6. The van der Waals surface area contributed by atoms with E-state index in [1.54, 1.807) is 0 Å². The average molecular weight is 976 g/mol. The van der Waals surface area contributed by atoms with Gasteiger partial charge in [-0.3, -0.25) is 14.4 Å². The van der Waals surface area contributed by atoms with Gasteiger partial charge in [-0.1, -0.05) is 247 Å².